The number of rotatable bonds is 3. The molecule has 0 amide bonds. The van der Waals surface area contributed by atoms with Crippen molar-refractivity contribution >= 4 is 10.0 Å². The Morgan fingerprint density at radius 3 is 2.61 bits per heavy atom. The fraction of sp³-hybridized carbons (Fsp3) is 0.500. The highest BCUT2D eigenvalue weighted by molar-refractivity contribution is 7.89. The molecular formula is C12H17NO4S. The first-order valence-electron chi connectivity index (χ1n) is 5.84. The van der Waals surface area contributed by atoms with Gasteiger partial charge >= 0.3 is 0 Å². The van der Waals surface area contributed by atoms with Gasteiger partial charge in [0.25, 0.3) is 0 Å². The van der Waals surface area contributed by atoms with Gasteiger partial charge in [0.05, 0.1) is 13.2 Å². The number of nitrogens with two attached hydrogens (primary N) is 1. The molecule has 2 rings (SSSR count). The van der Waals surface area contributed by atoms with Gasteiger partial charge in [-0.1, -0.05) is 6.07 Å². The summed E-state index contributed by atoms with van der Waals surface area (Å²) in [5.41, 5.74) is 0.832. The van der Waals surface area contributed by atoms with Gasteiger partial charge in [-0.25, -0.2) is 13.6 Å². The number of sulfonamides is 1. The Hall–Kier alpha value is -1.11. The lowest BCUT2D eigenvalue weighted by Gasteiger charge is -2.24. The Bertz CT molecular complexity index is 521. The first kappa shape index (κ1) is 13.3. The summed E-state index contributed by atoms with van der Waals surface area (Å²) < 4.78 is 34.0. The molecule has 0 spiro atoms. The zero-order valence-corrected chi connectivity index (χ0v) is 11.1. The summed E-state index contributed by atoms with van der Waals surface area (Å²) in [6, 6.07) is 5.00. The van der Waals surface area contributed by atoms with Crippen LogP contribution in [0.1, 0.15) is 18.4 Å². The zero-order chi connectivity index (χ0) is 13.2. The van der Waals surface area contributed by atoms with E-state index in [1.54, 1.807) is 6.07 Å². The third-order valence-electron chi connectivity index (χ3n) is 2.87. The van der Waals surface area contributed by atoms with E-state index < -0.39 is 10.0 Å². The van der Waals surface area contributed by atoms with E-state index in [1.165, 1.54) is 6.07 Å². The van der Waals surface area contributed by atoms with Crippen LogP contribution in [0.25, 0.3) is 0 Å². The Morgan fingerprint density at radius 1 is 1.33 bits per heavy atom. The van der Waals surface area contributed by atoms with E-state index in [2.05, 4.69) is 0 Å². The lowest BCUT2D eigenvalue weighted by molar-refractivity contribution is 0.0244. The van der Waals surface area contributed by atoms with Crippen molar-refractivity contribution in [3.05, 3.63) is 23.8 Å². The zero-order valence-electron chi connectivity index (χ0n) is 10.3. The summed E-state index contributed by atoms with van der Waals surface area (Å²) in [6.07, 6.45) is 1.51. The number of ether oxygens (including phenoxy) is 2. The molecule has 1 aromatic carbocycles. The van der Waals surface area contributed by atoms with Crippen LogP contribution < -0.4 is 9.88 Å². The van der Waals surface area contributed by atoms with Crippen LogP contribution >= 0.6 is 0 Å². The molecule has 1 aliphatic heterocycles. The van der Waals surface area contributed by atoms with E-state index in [-0.39, 0.29) is 11.0 Å². The lowest BCUT2D eigenvalue weighted by atomic mass is 10.1. The van der Waals surface area contributed by atoms with Crippen molar-refractivity contribution in [2.75, 3.05) is 13.2 Å². The molecule has 100 valence electrons. The number of hydrogen-bond acceptors (Lipinski definition) is 4. The second-order valence-electron chi connectivity index (χ2n) is 4.42. The fourth-order valence-electron chi connectivity index (χ4n) is 1.91. The van der Waals surface area contributed by atoms with Crippen molar-refractivity contribution in [1.82, 2.24) is 0 Å². The van der Waals surface area contributed by atoms with Gasteiger partial charge in [-0.3, -0.25) is 0 Å². The first-order valence-corrected chi connectivity index (χ1v) is 7.39. The van der Waals surface area contributed by atoms with Crippen LogP contribution in [0.15, 0.2) is 23.1 Å². The van der Waals surface area contributed by atoms with Crippen LogP contribution in [0.3, 0.4) is 0 Å². The van der Waals surface area contributed by atoms with Crippen LogP contribution in [-0.4, -0.2) is 27.7 Å². The van der Waals surface area contributed by atoms with Gasteiger partial charge in [0.15, 0.2) is 0 Å². The maximum Gasteiger partial charge on any atom is 0.241 e. The van der Waals surface area contributed by atoms with Crippen molar-refractivity contribution in [2.24, 2.45) is 5.14 Å². The van der Waals surface area contributed by atoms with Gasteiger partial charge in [0, 0.05) is 12.8 Å². The molecule has 2 N–H and O–H groups in total. The molecule has 1 aromatic rings. The molecule has 5 nitrogen and oxygen atoms in total. The Balaban J connectivity index is 2.26. The van der Waals surface area contributed by atoms with Gasteiger partial charge in [-0.05, 0) is 24.6 Å². The molecule has 1 saturated heterocycles. The average Bonchev–Trinajstić information content (AvgIpc) is 2.31. The standard InChI is InChI=1S/C12H17NO4S/c1-9-2-3-11(12(8-9)18(13,14)15)17-10-4-6-16-7-5-10/h2-3,8,10H,4-7H2,1H3,(H2,13,14,15). The molecule has 1 fully saturated rings. The molecule has 0 radical (unpaired) electrons. The number of primary sulfonamides is 1. The number of benzene rings is 1. The molecule has 0 unspecified atom stereocenters. The normalized spacial score (nSPS) is 17.7. The van der Waals surface area contributed by atoms with Crippen molar-refractivity contribution in [3.8, 4) is 5.75 Å². The monoisotopic (exact) mass is 271 g/mol. The highest BCUT2D eigenvalue weighted by Gasteiger charge is 2.20. The quantitative estimate of drug-likeness (QED) is 0.896. The van der Waals surface area contributed by atoms with Crippen LogP contribution in [0, 0.1) is 6.92 Å². The minimum absolute atomic E-state index is 0.0121. The molecule has 6 heteroatoms. The SMILES string of the molecule is Cc1ccc(OC2CCOCC2)c(S(N)(=O)=O)c1. The van der Waals surface area contributed by atoms with Gasteiger partial charge in [-0.15, -0.1) is 0 Å². The Morgan fingerprint density at radius 2 is 2.00 bits per heavy atom. The highest BCUT2D eigenvalue weighted by atomic mass is 32.2. The van der Waals surface area contributed by atoms with E-state index in [4.69, 9.17) is 14.6 Å². The predicted molar refractivity (Wildman–Crippen MR) is 67.0 cm³/mol. The molecule has 0 aliphatic carbocycles. The maximum atomic E-state index is 11.5. The summed E-state index contributed by atoms with van der Waals surface area (Å²) in [5.74, 6) is 0.329. The predicted octanol–water partition coefficient (Wildman–Crippen LogP) is 1.20. The Kier molecular flexibility index (Phi) is 3.89. The summed E-state index contributed by atoms with van der Waals surface area (Å²) in [5, 5.41) is 5.20. The minimum Gasteiger partial charge on any atom is -0.489 e. The number of aryl methyl sites for hydroxylation is 1. The van der Waals surface area contributed by atoms with Gasteiger partial charge < -0.3 is 9.47 Å². The molecule has 1 heterocycles. The summed E-state index contributed by atoms with van der Waals surface area (Å²) in [7, 11) is -3.76. The van der Waals surface area contributed by atoms with E-state index in [1.807, 2.05) is 13.0 Å². The van der Waals surface area contributed by atoms with E-state index >= 15 is 0 Å². The lowest BCUT2D eigenvalue weighted by Crippen LogP contribution is -2.27. The van der Waals surface area contributed by atoms with Crippen molar-refractivity contribution in [2.45, 2.75) is 30.8 Å². The van der Waals surface area contributed by atoms with Crippen molar-refractivity contribution in [1.29, 1.82) is 0 Å². The second-order valence-corrected chi connectivity index (χ2v) is 5.95. The summed E-state index contributed by atoms with van der Waals surface area (Å²) in [4.78, 5) is 0.0500. The summed E-state index contributed by atoms with van der Waals surface area (Å²) in [6.45, 7) is 3.09. The van der Waals surface area contributed by atoms with Gasteiger partial charge in [0.1, 0.15) is 16.7 Å². The van der Waals surface area contributed by atoms with Crippen LogP contribution in [0.5, 0.6) is 5.75 Å². The largest absolute Gasteiger partial charge is 0.489 e. The van der Waals surface area contributed by atoms with E-state index in [0.717, 1.165) is 18.4 Å². The summed E-state index contributed by atoms with van der Waals surface area (Å²) >= 11 is 0. The van der Waals surface area contributed by atoms with Gasteiger partial charge in [-0.2, -0.15) is 0 Å². The Labute approximate surface area is 107 Å². The highest BCUT2D eigenvalue weighted by Crippen LogP contribution is 2.26. The smallest absolute Gasteiger partial charge is 0.241 e. The molecular weight excluding hydrogens is 254 g/mol. The molecule has 1 aliphatic rings. The third kappa shape index (κ3) is 3.22. The van der Waals surface area contributed by atoms with Crippen LogP contribution in [0.2, 0.25) is 0 Å². The topological polar surface area (TPSA) is 78.6 Å². The molecule has 0 saturated carbocycles. The second kappa shape index (κ2) is 5.26. The van der Waals surface area contributed by atoms with Crippen LogP contribution in [0.4, 0.5) is 0 Å². The van der Waals surface area contributed by atoms with E-state index in [0.29, 0.717) is 19.0 Å². The first-order chi connectivity index (χ1) is 8.47. The average molecular weight is 271 g/mol. The molecule has 18 heavy (non-hydrogen) atoms. The fourth-order valence-corrected chi connectivity index (χ4v) is 2.66. The van der Waals surface area contributed by atoms with Crippen molar-refractivity contribution in [3.63, 3.8) is 0 Å². The maximum absolute atomic E-state index is 11.5. The van der Waals surface area contributed by atoms with E-state index in [9.17, 15) is 8.42 Å². The van der Waals surface area contributed by atoms with Crippen LogP contribution in [-0.2, 0) is 14.8 Å². The molecule has 0 bridgehead atoms. The van der Waals surface area contributed by atoms with Gasteiger partial charge in [0.2, 0.25) is 10.0 Å². The molecule has 0 atom stereocenters. The minimum atomic E-state index is -3.76. The van der Waals surface area contributed by atoms with Crippen molar-refractivity contribution < 1.29 is 17.9 Å². The third-order valence-corrected chi connectivity index (χ3v) is 3.80. The molecule has 0 aromatic heterocycles. The number of hydrogen-bond donors (Lipinski definition) is 1.